The highest BCUT2D eigenvalue weighted by molar-refractivity contribution is 7.13. The zero-order valence-corrected chi connectivity index (χ0v) is 10.6. The van der Waals surface area contributed by atoms with Crippen LogP contribution in [0.3, 0.4) is 0 Å². The second kappa shape index (κ2) is 6.19. The molecule has 1 aromatic rings. The molecule has 0 aliphatic carbocycles. The van der Waals surface area contributed by atoms with E-state index in [-0.39, 0.29) is 18.4 Å². The number of piperidine rings is 1. The molecule has 7 heteroatoms. The summed E-state index contributed by atoms with van der Waals surface area (Å²) in [6.45, 7) is 0.800. The van der Waals surface area contributed by atoms with E-state index in [2.05, 4.69) is 10.3 Å². The second-order valence-electron chi connectivity index (χ2n) is 4.32. The molecule has 0 radical (unpaired) electrons. The molecule has 1 N–H and O–H groups in total. The average molecular weight is 275 g/mol. The number of carbonyl (C=O) groups is 1. The van der Waals surface area contributed by atoms with E-state index in [0.717, 1.165) is 12.8 Å². The third kappa shape index (κ3) is 3.71. The maximum absolute atomic E-state index is 12.3. The lowest BCUT2D eigenvalue weighted by Gasteiger charge is -2.31. The maximum atomic E-state index is 12.3. The molecule has 1 aliphatic heterocycles. The van der Waals surface area contributed by atoms with Crippen molar-refractivity contribution in [2.45, 2.75) is 19.3 Å². The summed E-state index contributed by atoms with van der Waals surface area (Å²) in [4.78, 5) is 17.6. The number of alkyl halides is 2. The molecule has 1 unspecified atom stereocenters. The van der Waals surface area contributed by atoms with E-state index < -0.39 is 6.43 Å². The summed E-state index contributed by atoms with van der Waals surface area (Å²) in [5.74, 6) is -0.342. The first-order chi connectivity index (χ1) is 8.65. The van der Waals surface area contributed by atoms with E-state index in [1.807, 2.05) is 0 Å². The lowest BCUT2D eigenvalue weighted by atomic mass is 9.97. The van der Waals surface area contributed by atoms with E-state index in [9.17, 15) is 13.6 Å². The highest BCUT2D eigenvalue weighted by Crippen LogP contribution is 2.20. The molecule has 1 atom stereocenters. The maximum Gasteiger partial charge on any atom is 0.251 e. The summed E-state index contributed by atoms with van der Waals surface area (Å²) in [6, 6.07) is 0. The number of nitrogens with zero attached hydrogens (tertiary/aromatic N) is 2. The minimum absolute atomic E-state index is 0.121. The van der Waals surface area contributed by atoms with Crippen LogP contribution >= 0.6 is 11.3 Å². The van der Waals surface area contributed by atoms with Gasteiger partial charge in [0.15, 0.2) is 5.13 Å². The van der Waals surface area contributed by atoms with E-state index in [1.54, 1.807) is 16.5 Å². The number of hydrogen-bond donors (Lipinski definition) is 1. The van der Waals surface area contributed by atoms with Crippen molar-refractivity contribution in [3.05, 3.63) is 11.6 Å². The van der Waals surface area contributed by atoms with Gasteiger partial charge in [0.05, 0.1) is 12.5 Å². The van der Waals surface area contributed by atoms with Crippen molar-refractivity contribution >= 4 is 22.4 Å². The molecule has 0 aromatic carbocycles. The number of anilines is 1. The SMILES string of the molecule is O=C(Nc1nccs1)C1CCCN(CC(F)F)C1. The summed E-state index contributed by atoms with van der Waals surface area (Å²) in [6.07, 6.45) is 0.801. The number of nitrogens with one attached hydrogen (secondary N) is 1. The Morgan fingerprint density at radius 1 is 1.67 bits per heavy atom. The van der Waals surface area contributed by atoms with Crippen LogP contribution < -0.4 is 5.32 Å². The quantitative estimate of drug-likeness (QED) is 0.915. The van der Waals surface area contributed by atoms with Crippen LogP contribution in [0.2, 0.25) is 0 Å². The molecule has 2 heterocycles. The van der Waals surface area contributed by atoms with Gasteiger partial charge in [0, 0.05) is 18.1 Å². The van der Waals surface area contributed by atoms with Crippen molar-refractivity contribution in [2.75, 3.05) is 25.0 Å². The normalized spacial score (nSPS) is 21.2. The molecule has 1 amide bonds. The molecule has 2 rings (SSSR count). The van der Waals surface area contributed by atoms with Crippen LogP contribution in [0.25, 0.3) is 0 Å². The summed E-state index contributed by atoms with van der Waals surface area (Å²) < 4.78 is 24.6. The van der Waals surface area contributed by atoms with Crippen LogP contribution in [-0.4, -0.2) is 41.9 Å². The molecule has 1 aromatic heterocycles. The van der Waals surface area contributed by atoms with Crippen molar-refractivity contribution in [2.24, 2.45) is 5.92 Å². The second-order valence-corrected chi connectivity index (χ2v) is 5.21. The van der Waals surface area contributed by atoms with Crippen molar-refractivity contribution < 1.29 is 13.6 Å². The molecule has 0 bridgehead atoms. The lowest BCUT2D eigenvalue weighted by molar-refractivity contribution is -0.121. The fraction of sp³-hybridized carbons (Fsp3) is 0.636. The van der Waals surface area contributed by atoms with Gasteiger partial charge in [-0.1, -0.05) is 0 Å². The van der Waals surface area contributed by atoms with Crippen molar-refractivity contribution in [3.8, 4) is 0 Å². The predicted molar refractivity (Wildman–Crippen MR) is 65.9 cm³/mol. The fourth-order valence-corrected chi connectivity index (χ4v) is 2.66. The highest BCUT2D eigenvalue weighted by Gasteiger charge is 2.27. The summed E-state index contributed by atoms with van der Waals surface area (Å²) in [5, 5.41) is 5.06. The topological polar surface area (TPSA) is 45.2 Å². The molecule has 18 heavy (non-hydrogen) atoms. The van der Waals surface area contributed by atoms with Gasteiger partial charge >= 0.3 is 0 Å². The molecule has 1 saturated heterocycles. The summed E-state index contributed by atoms with van der Waals surface area (Å²) in [5.41, 5.74) is 0. The summed E-state index contributed by atoms with van der Waals surface area (Å²) in [7, 11) is 0. The number of likely N-dealkylation sites (tertiary alicyclic amines) is 1. The van der Waals surface area contributed by atoms with Gasteiger partial charge < -0.3 is 5.32 Å². The van der Waals surface area contributed by atoms with Crippen LogP contribution in [0, 0.1) is 5.92 Å². The number of amides is 1. The molecule has 100 valence electrons. The monoisotopic (exact) mass is 275 g/mol. The number of thiazole rings is 1. The van der Waals surface area contributed by atoms with E-state index >= 15 is 0 Å². The van der Waals surface area contributed by atoms with Crippen LogP contribution in [0.5, 0.6) is 0 Å². The number of carbonyl (C=O) groups excluding carboxylic acids is 1. The third-order valence-electron chi connectivity index (χ3n) is 2.93. The van der Waals surface area contributed by atoms with Crippen LogP contribution in [-0.2, 0) is 4.79 Å². The first-order valence-electron chi connectivity index (χ1n) is 5.86. The Morgan fingerprint density at radius 3 is 3.17 bits per heavy atom. The van der Waals surface area contributed by atoms with Gasteiger partial charge in [0.1, 0.15) is 0 Å². The Kier molecular flexibility index (Phi) is 4.60. The Balaban J connectivity index is 1.86. The van der Waals surface area contributed by atoms with Crippen molar-refractivity contribution in [3.63, 3.8) is 0 Å². The molecule has 0 saturated carbocycles. The number of aromatic nitrogens is 1. The Hall–Kier alpha value is -1.08. The molecule has 1 aliphatic rings. The Bertz CT molecular complexity index is 386. The fourth-order valence-electron chi connectivity index (χ4n) is 2.12. The molecule has 4 nitrogen and oxygen atoms in total. The molecule has 0 spiro atoms. The van der Waals surface area contributed by atoms with Gasteiger partial charge in [0.25, 0.3) is 6.43 Å². The summed E-state index contributed by atoms with van der Waals surface area (Å²) >= 11 is 1.35. The van der Waals surface area contributed by atoms with Gasteiger partial charge in [-0.05, 0) is 19.4 Å². The smallest absolute Gasteiger partial charge is 0.251 e. The van der Waals surface area contributed by atoms with Gasteiger partial charge in [0.2, 0.25) is 5.91 Å². The van der Waals surface area contributed by atoms with Gasteiger partial charge in [-0.15, -0.1) is 11.3 Å². The van der Waals surface area contributed by atoms with E-state index in [0.29, 0.717) is 18.2 Å². The zero-order valence-electron chi connectivity index (χ0n) is 9.81. The van der Waals surface area contributed by atoms with Crippen LogP contribution in [0.15, 0.2) is 11.6 Å². The zero-order chi connectivity index (χ0) is 13.0. The van der Waals surface area contributed by atoms with Crippen molar-refractivity contribution in [1.82, 2.24) is 9.88 Å². The van der Waals surface area contributed by atoms with Gasteiger partial charge in [-0.3, -0.25) is 9.69 Å². The minimum Gasteiger partial charge on any atom is -0.302 e. The molecular formula is C11H15F2N3OS. The first-order valence-corrected chi connectivity index (χ1v) is 6.74. The first kappa shape index (κ1) is 13.4. The number of halogens is 2. The minimum atomic E-state index is -2.34. The van der Waals surface area contributed by atoms with E-state index in [4.69, 9.17) is 0 Å². The van der Waals surface area contributed by atoms with E-state index in [1.165, 1.54) is 11.3 Å². The standard InChI is InChI=1S/C11H15F2N3OS/c12-9(13)7-16-4-1-2-8(6-16)10(17)15-11-14-3-5-18-11/h3,5,8-9H,1-2,4,6-7H2,(H,14,15,17). The lowest BCUT2D eigenvalue weighted by Crippen LogP contribution is -2.42. The van der Waals surface area contributed by atoms with Gasteiger partial charge in [-0.25, -0.2) is 13.8 Å². The average Bonchev–Trinajstić information content (AvgIpc) is 2.81. The number of hydrogen-bond acceptors (Lipinski definition) is 4. The third-order valence-corrected chi connectivity index (χ3v) is 3.62. The Morgan fingerprint density at radius 2 is 2.50 bits per heavy atom. The molecule has 1 fully saturated rings. The van der Waals surface area contributed by atoms with Gasteiger partial charge in [-0.2, -0.15) is 0 Å². The van der Waals surface area contributed by atoms with Crippen molar-refractivity contribution in [1.29, 1.82) is 0 Å². The van der Waals surface area contributed by atoms with Crippen LogP contribution in [0.4, 0.5) is 13.9 Å². The molecular weight excluding hydrogens is 260 g/mol. The predicted octanol–water partition coefficient (Wildman–Crippen LogP) is 2.06. The number of rotatable bonds is 4. The van der Waals surface area contributed by atoms with Crippen LogP contribution in [0.1, 0.15) is 12.8 Å². The largest absolute Gasteiger partial charge is 0.302 e. The highest BCUT2D eigenvalue weighted by atomic mass is 32.1. The Labute approximate surface area is 108 Å².